The van der Waals surface area contributed by atoms with Gasteiger partial charge in [0.05, 0.1) is 42.4 Å². The van der Waals surface area contributed by atoms with Crippen LogP contribution in [0.1, 0.15) is 16.2 Å². The summed E-state index contributed by atoms with van der Waals surface area (Å²) in [6.45, 7) is 0.304. The third-order valence-corrected chi connectivity index (χ3v) is 5.29. The molecular formula is C26H25N5O4. The van der Waals surface area contributed by atoms with Gasteiger partial charge in [-0.25, -0.2) is 4.98 Å². The van der Waals surface area contributed by atoms with E-state index in [1.54, 1.807) is 85.8 Å². The van der Waals surface area contributed by atoms with E-state index in [2.05, 4.69) is 20.6 Å². The van der Waals surface area contributed by atoms with Crippen LogP contribution in [0.25, 0.3) is 10.9 Å². The number of aromatic nitrogens is 2. The standard InChI is InChI=1S/C26H25N5O4/c1-31(15-23-28-21-9-5-3-7-19(21)26(34)30-23)16-24(32)29-22-10-6-4-8-20(22)25(33)27-17-11-13-18(35-2)14-12-17/h3-14H,15-16H2,1-2H3,(H,27,33)(H,29,32)(H,28,30,34). The highest BCUT2D eigenvalue weighted by Gasteiger charge is 2.15. The summed E-state index contributed by atoms with van der Waals surface area (Å²) in [5.74, 6) is 0.490. The zero-order chi connectivity index (χ0) is 24.8. The van der Waals surface area contributed by atoms with E-state index in [0.717, 1.165) is 0 Å². The minimum absolute atomic E-state index is 0.0327. The molecule has 0 saturated carbocycles. The Morgan fingerprint density at radius 2 is 1.69 bits per heavy atom. The quantitative estimate of drug-likeness (QED) is 0.363. The molecule has 1 heterocycles. The van der Waals surface area contributed by atoms with Crippen LogP contribution in [-0.2, 0) is 11.3 Å². The molecule has 0 atom stereocenters. The second-order valence-electron chi connectivity index (χ2n) is 7.98. The molecule has 0 bridgehead atoms. The first kappa shape index (κ1) is 23.7. The fraction of sp³-hybridized carbons (Fsp3) is 0.154. The number of anilines is 2. The van der Waals surface area contributed by atoms with Crippen LogP contribution in [0, 0.1) is 0 Å². The highest BCUT2D eigenvalue weighted by atomic mass is 16.5. The summed E-state index contributed by atoms with van der Waals surface area (Å²) in [7, 11) is 3.32. The zero-order valence-corrected chi connectivity index (χ0v) is 19.4. The average molecular weight is 472 g/mol. The number of methoxy groups -OCH3 is 1. The molecule has 0 radical (unpaired) electrons. The van der Waals surface area contributed by atoms with E-state index < -0.39 is 0 Å². The van der Waals surface area contributed by atoms with Gasteiger partial charge in [-0.05, 0) is 55.6 Å². The number of aromatic amines is 1. The lowest BCUT2D eigenvalue weighted by Crippen LogP contribution is -2.31. The monoisotopic (exact) mass is 471 g/mol. The van der Waals surface area contributed by atoms with E-state index in [0.29, 0.717) is 39.4 Å². The Labute approximate surface area is 201 Å². The lowest BCUT2D eigenvalue weighted by atomic mass is 10.1. The van der Waals surface area contributed by atoms with Crippen molar-refractivity contribution in [1.29, 1.82) is 0 Å². The number of para-hydroxylation sites is 2. The van der Waals surface area contributed by atoms with Crippen LogP contribution >= 0.6 is 0 Å². The number of hydrogen-bond acceptors (Lipinski definition) is 6. The Balaban J connectivity index is 1.40. The van der Waals surface area contributed by atoms with Crippen LogP contribution in [0.15, 0.2) is 77.6 Å². The Morgan fingerprint density at radius 3 is 2.46 bits per heavy atom. The fourth-order valence-corrected chi connectivity index (χ4v) is 3.62. The largest absolute Gasteiger partial charge is 0.497 e. The van der Waals surface area contributed by atoms with Gasteiger partial charge in [-0.1, -0.05) is 24.3 Å². The van der Waals surface area contributed by atoms with E-state index in [4.69, 9.17) is 4.74 Å². The maximum Gasteiger partial charge on any atom is 0.258 e. The van der Waals surface area contributed by atoms with E-state index in [9.17, 15) is 14.4 Å². The molecule has 0 aliphatic carbocycles. The third kappa shape index (κ3) is 5.90. The minimum Gasteiger partial charge on any atom is -0.497 e. The van der Waals surface area contributed by atoms with Gasteiger partial charge in [-0.3, -0.25) is 19.3 Å². The molecule has 0 aliphatic rings. The van der Waals surface area contributed by atoms with Gasteiger partial charge >= 0.3 is 0 Å². The number of nitrogens with one attached hydrogen (secondary N) is 3. The molecule has 178 valence electrons. The van der Waals surface area contributed by atoms with Crippen LogP contribution in [0.5, 0.6) is 5.75 Å². The van der Waals surface area contributed by atoms with Gasteiger partial charge in [0.25, 0.3) is 11.5 Å². The van der Waals surface area contributed by atoms with Gasteiger partial charge in [0, 0.05) is 5.69 Å². The predicted octanol–water partition coefficient (Wildman–Crippen LogP) is 3.25. The van der Waals surface area contributed by atoms with Crippen LogP contribution in [0.3, 0.4) is 0 Å². The molecule has 0 fully saturated rings. The summed E-state index contributed by atoms with van der Waals surface area (Å²) in [5, 5.41) is 6.13. The average Bonchev–Trinajstić information content (AvgIpc) is 2.84. The highest BCUT2D eigenvalue weighted by molar-refractivity contribution is 6.10. The lowest BCUT2D eigenvalue weighted by molar-refractivity contribution is -0.117. The van der Waals surface area contributed by atoms with Crippen molar-refractivity contribution in [3.63, 3.8) is 0 Å². The Morgan fingerprint density at radius 1 is 0.971 bits per heavy atom. The maximum absolute atomic E-state index is 12.8. The number of carbonyl (C=O) groups excluding carboxylic acids is 2. The molecule has 0 spiro atoms. The number of likely N-dealkylation sites (N-methyl/N-ethyl adjacent to an activating group) is 1. The van der Waals surface area contributed by atoms with Gasteiger partial charge in [-0.15, -0.1) is 0 Å². The first-order valence-corrected chi connectivity index (χ1v) is 10.9. The molecule has 0 unspecified atom stereocenters. The number of fused-ring (bicyclic) bond motifs is 1. The topological polar surface area (TPSA) is 116 Å². The highest BCUT2D eigenvalue weighted by Crippen LogP contribution is 2.19. The first-order chi connectivity index (χ1) is 16.9. The molecule has 3 N–H and O–H groups in total. The summed E-state index contributed by atoms with van der Waals surface area (Å²) < 4.78 is 5.13. The molecule has 0 aliphatic heterocycles. The molecule has 35 heavy (non-hydrogen) atoms. The van der Waals surface area contributed by atoms with E-state index in [1.165, 1.54) is 0 Å². The minimum atomic E-state index is -0.350. The van der Waals surface area contributed by atoms with Crippen molar-refractivity contribution >= 4 is 34.1 Å². The molecular weight excluding hydrogens is 446 g/mol. The number of benzene rings is 3. The van der Waals surface area contributed by atoms with E-state index in [-0.39, 0.29) is 30.5 Å². The Bertz CT molecular complexity index is 1420. The second kappa shape index (κ2) is 10.6. The van der Waals surface area contributed by atoms with Gasteiger partial charge in [0.1, 0.15) is 11.6 Å². The zero-order valence-electron chi connectivity index (χ0n) is 19.4. The summed E-state index contributed by atoms with van der Waals surface area (Å²) in [6, 6.07) is 20.8. The van der Waals surface area contributed by atoms with Gasteiger partial charge in [0.2, 0.25) is 5.91 Å². The van der Waals surface area contributed by atoms with Crippen LogP contribution in [-0.4, -0.2) is 47.4 Å². The fourth-order valence-electron chi connectivity index (χ4n) is 3.62. The number of nitrogens with zero attached hydrogens (tertiary/aromatic N) is 2. The third-order valence-electron chi connectivity index (χ3n) is 5.29. The molecule has 9 heteroatoms. The second-order valence-corrected chi connectivity index (χ2v) is 7.98. The number of amides is 2. The Hall–Kier alpha value is -4.50. The van der Waals surface area contributed by atoms with Crippen molar-refractivity contribution in [2.75, 3.05) is 31.3 Å². The van der Waals surface area contributed by atoms with E-state index >= 15 is 0 Å². The number of H-pyrrole nitrogens is 1. The van der Waals surface area contributed by atoms with E-state index in [1.807, 2.05) is 6.07 Å². The SMILES string of the molecule is COc1ccc(NC(=O)c2ccccc2NC(=O)CN(C)Cc2nc3ccccc3c(=O)[nH]2)cc1. The van der Waals surface area contributed by atoms with Crippen LogP contribution in [0.2, 0.25) is 0 Å². The summed E-state index contributed by atoms with van der Waals surface area (Å²) >= 11 is 0. The lowest BCUT2D eigenvalue weighted by Gasteiger charge is -2.17. The van der Waals surface area contributed by atoms with Crippen molar-refractivity contribution in [1.82, 2.24) is 14.9 Å². The van der Waals surface area contributed by atoms with Gasteiger partial charge in [0.15, 0.2) is 0 Å². The van der Waals surface area contributed by atoms with Crippen LogP contribution in [0.4, 0.5) is 11.4 Å². The molecule has 1 aromatic heterocycles. The van der Waals surface area contributed by atoms with Crippen molar-refractivity contribution in [2.24, 2.45) is 0 Å². The smallest absolute Gasteiger partial charge is 0.258 e. The van der Waals surface area contributed by atoms with Crippen molar-refractivity contribution in [3.8, 4) is 5.75 Å². The molecule has 4 rings (SSSR count). The van der Waals surface area contributed by atoms with Crippen molar-refractivity contribution in [2.45, 2.75) is 6.54 Å². The number of rotatable bonds is 8. The molecule has 2 amide bonds. The number of ether oxygens (including phenoxy) is 1. The Kier molecular flexibility index (Phi) is 7.18. The molecule has 9 nitrogen and oxygen atoms in total. The van der Waals surface area contributed by atoms with Crippen molar-refractivity contribution in [3.05, 3.63) is 94.5 Å². The predicted molar refractivity (Wildman–Crippen MR) is 135 cm³/mol. The van der Waals surface area contributed by atoms with Gasteiger partial charge < -0.3 is 20.4 Å². The summed E-state index contributed by atoms with van der Waals surface area (Å²) in [4.78, 5) is 46.8. The summed E-state index contributed by atoms with van der Waals surface area (Å²) in [6.07, 6.45) is 0. The molecule has 0 saturated heterocycles. The molecule has 4 aromatic rings. The normalized spacial score (nSPS) is 10.8. The summed E-state index contributed by atoms with van der Waals surface area (Å²) in [5.41, 5.74) is 1.71. The van der Waals surface area contributed by atoms with Crippen LogP contribution < -0.4 is 20.9 Å². The van der Waals surface area contributed by atoms with Crippen molar-refractivity contribution < 1.29 is 14.3 Å². The number of carbonyl (C=O) groups is 2. The first-order valence-electron chi connectivity index (χ1n) is 10.9. The number of hydrogen-bond donors (Lipinski definition) is 3. The van der Waals surface area contributed by atoms with Gasteiger partial charge in [-0.2, -0.15) is 0 Å². The molecule has 3 aromatic carbocycles. The maximum atomic E-state index is 12.8.